The van der Waals surface area contributed by atoms with Gasteiger partial charge in [0.15, 0.2) is 6.29 Å². The fraction of sp³-hybridized carbons (Fsp3) is 0.900. The van der Waals surface area contributed by atoms with Gasteiger partial charge in [0.2, 0.25) is 0 Å². The molecule has 1 aliphatic carbocycles. The molecule has 1 aliphatic rings. The highest BCUT2D eigenvalue weighted by atomic mass is 16.5. The molecule has 0 amide bonds. The van der Waals surface area contributed by atoms with E-state index in [0.717, 1.165) is 19.1 Å². The van der Waals surface area contributed by atoms with Gasteiger partial charge in [-0.15, -0.1) is 0 Å². The van der Waals surface area contributed by atoms with Gasteiger partial charge in [0.05, 0.1) is 6.10 Å². The first kappa shape index (κ1) is 9.72. The Kier molecular flexibility index (Phi) is 2.30. The SMILES string of the molecule is CC(C)OC1(C=O)CC(C)(C)C1. The van der Waals surface area contributed by atoms with Gasteiger partial charge in [-0.25, -0.2) is 0 Å². The van der Waals surface area contributed by atoms with Gasteiger partial charge >= 0.3 is 0 Å². The first-order valence-corrected chi connectivity index (χ1v) is 4.53. The molecule has 0 aromatic carbocycles. The van der Waals surface area contributed by atoms with Gasteiger partial charge in [0, 0.05) is 0 Å². The Morgan fingerprint density at radius 3 is 2.08 bits per heavy atom. The summed E-state index contributed by atoms with van der Waals surface area (Å²) >= 11 is 0. The maximum absolute atomic E-state index is 10.8. The molecule has 0 spiro atoms. The standard InChI is InChI=1S/C10H18O2/c1-8(2)12-10(7-11)5-9(3,4)6-10/h7-8H,5-6H2,1-4H3. The monoisotopic (exact) mass is 170 g/mol. The summed E-state index contributed by atoms with van der Waals surface area (Å²) in [5, 5.41) is 0. The first-order chi connectivity index (χ1) is 5.39. The molecular weight excluding hydrogens is 152 g/mol. The molecule has 0 unspecified atom stereocenters. The van der Waals surface area contributed by atoms with E-state index in [2.05, 4.69) is 13.8 Å². The van der Waals surface area contributed by atoms with Crippen molar-refractivity contribution in [1.82, 2.24) is 0 Å². The fourth-order valence-electron chi connectivity index (χ4n) is 2.23. The lowest BCUT2D eigenvalue weighted by Crippen LogP contribution is -2.53. The summed E-state index contributed by atoms with van der Waals surface area (Å²) in [5.74, 6) is 0. The van der Waals surface area contributed by atoms with E-state index in [1.165, 1.54) is 0 Å². The van der Waals surface area contributed by atoms with Crippen LogP contribution in [0.4, 0.5) is 0 Å². The van der Waals surface area contributed by atoms with Crippen LogP contribution in [0.5, 0.6) is 0 Å². The summed E-state index contributed by atoms with van der Waals surface area (Å²) < 4.78 is 5.59. The van der Waals surface area contributed by atoms with E-state index < -0.39 is 5.60 Å². The summed E-state index contributed by atoms with van der Waals surface area (Å²) in [6, 6.07) is 0. The van der Waals surface area contributed by atoms with Gasteiger partial charge in [-0.05, 0) is 32.1 Å². The Morgan fingerprint density at radius 1 is 1.33 bits per heavy atom. The molecule has 0 radical (unpaired) electrons. The molecule has 0 heterocycles. The lowest BCUT2D eigenvalue weighted by Gasteiger charge is -2.50. The fourth-order valence-corrected chi connectivity index (χ4v) is 2.23. The average Bonchev–Trinajstić information content (AvgIpc) is 1.81. The molecule has 0 aromatic rings. The summed E-state index contributed by atoms with van der Waals surface area (Å²) in [6.07, 6.45) is 2.84. The predicted octanol–water partition coefficient (Wildman–Crippen LogP) is 2.17. The van der Waals surface area contributed by atoms with Gasteiger partial charge in [-0.1, -0.05) is 13.8 Å². The van der Waals surface area contributed by atoms with E-state index in [4.69, 9.17) is 4.74 Å². The summed E-state index contributed by atoms with van der Waals surface area (Å²) in [7, 11) is 0. The third-order valence-corrected chi connectivity index (χ3v) is 2.24. The molecule has 1 fully saturated rings. The zero-order chi connectivity index (χ0) is 9.41. The highest BCUT2D eigenvalue weighted by Crippen LogP contribution is 2.49. The molecule has 1 rings (SSSR count). The van der Waals surface area contributed by atoms with Crippen molar-refractivity contribution in [2.24, 2.45) is 5.41 Å². The number of hydrogen-bond donors (Lipinski definition) is 0. The van der Waals surface area contributed by atoms with Crippen molar-refractivity contribution in [1.29, 1.82) is 0 Å². The van der Waals surface area contributed by atoms with Crippen LogP contribution >= 0.6 is 0 Å². The molecule has 0 aliphatic heterocycles. The van der Waals surface area contributed by atoms with Gasteiger partial charge in [-0.3, -0.25) is 0 Å². The first-order valence-electron chi connectivity index (χ1n) is 4.53. The van der Waals surface area contributed by atoms with E-state index in [1.54, 1.807) is 0 Å². The lowest BCUT2D eigenvalue weighted by atomic mass is 9.62. The number of ether oxygens (including phenoxy) is 1. The molecular formula is C10H18O2. The molecule has 0 bridgehead atoms. The minimum absolute atomic E-state index is 0.145. The average molecular weight is 170 g/mol. The molecule has 12 heavy (non-hydrogen) atoms. The third-order valence-electron chi connectivity index (χ3n) is 2.24. The Bertz CT molecular complexity index is 169. The molecule has 0 aromatic heterocycles. The molecule has 0 atom stereocenters. The topological polar surface area (TPSA) is 26.3 Å². The van der Waals surface area contributed by atoms with Crippen LogP contribution in [0.15, 0.2) is 0 Å². The van der Waals surface area contributed by atoms with Crippen molar-refractivity contribution in [3.05, 3.63) is 0 Å². The van der Waals surface area contributed by atoms with Crippen molar-refractivity contribution >= 4 is 6.29 Å². The van der Waals surface area contributed by atoms with E-state index in [0.29, 0.717) is 0 Å². The summed E-state index contributed by atoms with van der Waals surface area (Å²) in [4.78, 5) is 10.8. The van der Waals surface area contributed by atoms with Gasteiger partial charge in [0.25, 0.3) is 0 Å². The highest BCUT2D eigenvalue weighted by Gasteiger charge is 2.50. The van der Waals surface area contributed by atoms with Crippen molar-refractivity contribution in [3.63, 3.8) is 0 Å². The van der Waals surface area contributed by atoms with E-state index in [9.17, 15) is 4.79 Å². The van der Waals surface area contributed by atoms with Gasteiger partial charge in [-0.2, -0.15) is 0 Å². The van der Waals surface area contributed by atoms with Crippen molar-refractivity contribution in [2.45, 2.75) is 52.2 Å². The largest absolute Gasteiger partial charge is 0.365 e. The van der Waals surface area contributed by atoms with Crippen LogP contribution in [0.2, 0.25) is 0 Å². The number of carbonyl (C=O) groups is 1. The van der Waals surface area contributed by atoms with Crippen molar-refractivity contribution in [2.75, 3.05) is 0 Å². The second-order valence-electron chi connectivity index (χ2n) is 4.87. The van der Waals surface area contributed by atoms with Crippen LogP contribution < -0.4 is 0 Å². The third kappa shape index (κ3) is 1.86. The second-order valence-corrected chi connectivity index (χ2v) is 4.87. The maximum atomic E-state index is 10.8. The van der Waals surface area contributed by atoms with Crippen LogP contribution in [-0.2, 0) is 9.53 Å². The predicted molar refractivity (Wildman–Crippen MR) is 48.0 cm³/mol. The van der Waals surface area contributed by atoms with E-state index in [-0.39, 0.29) is 11.5 Å². The smallest absolute Gasteiger partial charge is 0.151 e. The normalized spacial score (nSPS) is 25.1. The van der Waals surface area contributed by atoms with E-state index in [1.807, 2.05) is 13.8 Å². The van der Waals surface area contributed by atoms with Crippen LogP contribution in [0.3, 0.4) is 0 Å². The Hall–Kier alpha value is -0.370. The van der Waals surface area contributed by atoms with Crippen LogP contribution in [-0.4, -0.2) is 18.0 Å². The summed E-state index contributed by atoms with van der Waals surface area (Å²) in [6.45, 7) is 8.27. The van der Waals surface area contributed by atoms with Crippen molar-refractivity contribution in [3.8, 4) is 0 Å². The molecule has 70 valence electrons. The van der Waals surface area contributed by atoms with Crippen molar-refractivity contribution < 1.29 is 9.53 Å². The second kappa shape index (κ2) is 2.84. The zero-order valence-electron chi connectivity index (χ0n) is 8.39. The number of aldehydes is 1. The Balaban J connectivity index is 2.53. The Morgan fingerprint density at radius 2 is 1.83 bits per heavy atom. The number of carbonyl (C=O) groups excluding carboxylic acids is 1. The molecule has 2 nitrogen and oxygen atoms in total. The molecule has 0 saturated heterocycles. The van der Waals surface area contributed by atoms with Crippen LogP contribution in [0.1, 0.15) is 40.5 Å². The zero-order valence-corrected chi connectivity index (χ0v) is 8.39. The molecule has 1 saturated carbocycles. The molecule has 0 N–H and O–H groups in total. The van der Waals surface area contributed by atoms with Gasteiger partial charge < -0.3 is 9.53 Å². The van der Waals surface area contributed by atoms with Gasteiger partial charge in [0.1, 0.15) is 5.60 Å². The highest BCUT2D eigenvalue weighted by molar-refractivity contribution is 5.65. The van der Waals surface area contributed by atoms with E-state index >= 15 is 0 Å². The Labute approximate surface area is 74.3 Å². The minimum Gasteiger partial charge on any atom is -0.365 e. The summed E-state index contributed by atoms with van der Waals surface area (Å²) in [5.41, 5.74) is -0.173. The number of rotatable bonds is 3. The minimum atomic E-state index is -0.461. The molecule has 2 heteroatoms. The maximum Gasteiger partial charge on any atom is 0.151 e. The quantitative estimate of drug-likeness (QED) is 0.607. The number of hydrogen-bond acceptors (Lipinski definition) is 2. The lowest BCUT2D eigenvalue weighted by molar-refractivity contribution is -0.178. The van der Waals surface area contributed by atoms with Crippen LogP contribution in [0.25, 0.3) is 0 Å². The van der Waals surface area contributed by atoms with Crippen LogP contribution in [0, 0.1) is 5.41 Å².